The number of aromatic nitrogens is 2. The molecule has 2 aromatic rings. The average Bonchev–Trinajstić information content (AvgIpc) is 2.37. The standard InChI is InChI=1S/C13H14F2N4/c1-2-3-9-12(16)17-7-18-13(9)19-11-5-4-8(14)6-10(11)15/h4-7H,2-3H2,1H3,(H3,16,17,18,19). The Labute approximate surface area is 109 Å². The lowest BCUT2D eigenvalue weighted by molar-refractivity contribution is 0.586. The van der Waals surface area contributed by atoms with E-state index in [2.05, 4.69) is 15.3 Å². The number of hydrogen-bond acceptors (Lipinski definition) is 4. The van der Waals surface area contributed by atoms with Gasteiger partial charge in [0.25, 0.3) is 0 Å². The maximum atomic E-state index is 13.6. The van der Waals surface area contributed by atoms with E-state index < -0.39 is 11.6 Å². The van der Waals surface area contributed by atoms with Gasteiger partial charge >= 0.3 is 0 Å². The maximum absolute atomic E-state index is 13.6. The third-order valence-electron chi connectivity index (χ3n) is 2.66. The fourth-order valence-corrected chi connectivity index (χ4v) is 1.75. The Morgan fingerprint density at radius 2 is 2.05 bits per heavy atom. The van der Waals surface area contributed by atoms with Gasteiger partial charge < -0.3 is 11.1 Å². The van der Waals surface area contributed by atoms with Crippen molar-refractivity contribution in [2.24, 2.45) is 0 Å². The second-order valence-electron chi connectivity index (χ2n) is 4.09. The summed E-state index contributed by atoms with van der Waals surface area (Å²) in [6.07, 6.45) is 2.84. The van der Waals surface area contributed by atoms with Crippen LogP contribution < -0.4 is 11.1 Å². The van der Waals surface area contributed by atoms with E-state index in [4.69, 9.17) is 5.73 Å². The Balaban J connectivity index is 2.35. The van der Waals surface area contributed by atoms with Gasteiger partial charge in [-0.2, -0.15) is 0 Å². The summed E-state index contributed by atoms with van der Waals surface area (Å²) in [4.78, 5) is 7.96. The van der Waals surface area contributed by atoms with Gasteiger partial charge in [-0.25, -0.2) is 18.7 Å². The summed E-state index contributed by atoms with van der Waals surface area (Å²) in [7, 11) is 0. The second kappa shape index (κ2) is 5.60. The van der Waals surface area contributed by atoms with Gasteiger partial charge in [0.05, 0.1) is 5.69 Å². The average molecular weight is 264 g/mol. The summed E-state index contributed by atoms with van der Waals surface area (Å²) >= 11 is 0. The SMILES string of the molecule is CCCc1c(N)ncnc1Nc1ccc(F)cc1F. The van der Waals surface area contributed by atoms with Crippen molar-refractivity contribution in [3.8, 4) is 0 Å². The molecular weight excluding hydrogens is 250 g/mol. The highest BCUT2D eigenvalue weighted by Gasteiger charge is 2.11. The molecule has 1 heterocycles. The molecule has 2 rings (SSSR count). The molecule has 3 N–H and O–H groups in total. The summed E-state index contributed by atoms with van der Waals surface area (Å²) < 4.78 is 26.4. The van der Waals surface area contributed by atoms with Crippen molar-refractivity contribution in [1.82, 2.24) is 9.97 Å². The lowest BCUT2D eigenvalue weighted by Gasteiger charge is -2.12. The molecule has 19 heavy (non-hydrogen) atoms. The van der Waals surface area contributed by atoms with Crippen LogP contribution in [0.3, 0.4) is 0 Å². The van der Waals surface area contributed by atoms with E-state index in [-0.39, 0.29) is 5.69 Å². The predicted octanol–water partition coefficient (Wildman–Crippen LogP) is 3.03. The van der Waals surface area contributed by atoms with E-state index in [1.165, 1.54) is 18.5 Å². The smallest absolute Gasteiger partial charge is 0.149 e. The lowest BCUT2D eigenvalue weighted by atomic mass is 10.1. The first-order chi connectivity index (χ1) is 9.11. The summed E-state index contributed by atoms with van der Waals surface area (Å²) in [5, 5.41) is 2.82. The largest absolute Gasteiger partial charge is 0.383 e. The first-order valence-electron chi connectivity index (χ1n) is 5.93. The molecule has 1 aromatic carbocycles. The predicted molar refractivity (Wildman–Crippen MR) is 70.1 cm³/mol. The topological polar surface area (TPSA) is 63.8 Å². The zero-order valence-corrected chi connectivity index (χ0v) is 10.5. The van der Waals surface area contributed by atoms with Crippen LogP contribution in [0.15, 0.2) is 24.5 Å². The minimum atomic E-state index is -0.681. The van der Waals surface area contributed by atoms with Gasteiger partial charge in [0, 0.05) is 11.6 Å². The van der Waals surface area contributed by atoms with Crippen LogP contribution in [0.4, 0.5) is 26.1 Å². The molecule has 0 saturated carbocycles. The minimum Gasteiger partial charge on any atom is -0.383 e. The third kappa shape index (κ3) is 2.96. The molecule has 0 aliphatic heterocycles. The van der Waals surface area contributed by atoms with Crippen molar-refractivity contribution >= 4 is 17.3 Å². The Morgan fingerprint density at radius 3 is 2.74 bits per heavy atom. The Bertz CT molecular complexity index is 587. The molecular formula is C13H14F2N4. The fraction of sp³-hybridized carbons (Fsp3) is 0.231. The first-order valence-corrected chi connectivity index (χ1v) is 5.93. The highest BCUT2D eigenvalue weighted by molar-refractivity contribution is 5.64. The Morgan fingerprint density at radius 1 is 1.26 bits per heavy atom. The zero-order chi connectivity index (χ0) is 13.8. The van der Waals surface area contributed by atoms with E-state index in [1.54, 1.807) is 0 Å². The van der Waals surface area contributed by atoms with Gasteiger partial charge in [-0.3, -0.25) is 0 Å². The van der Waals surface area contributed by atoms with Crippen LogP contribution in [0, 0.1) is 11.6 Å². The summed E-state index contributed by atoms with van der Waals surface area (Å²) in [5.74, 6) is -0.500. The van der Waals surface area contributed by atoms with Crippen molar-refractivity contribution < 1.29 is 8.78 Å². The highest BCUT2D eigenvalue weighted by Crippen LogP contribution is 2.25. The molecule has 1 aromatic heterocycles. The molecule has 6 heteroatoms. The Hall–Kier alpha value is -2.24. The quantitative estimate of drug-likeness (QED) is 0.891. The van der Waals surface area contributed by atoms with Crippen LogP contribution >= 0.6 is 0 Å². The van der Waals surface area contributed by atoms with Crippen molar-refractivity contribution in [2.75, 3.05) is 11.1 Å². The van der Waals surface area contributed by atoms with Crippen LogP contribution in [0.1, 0.15) is 18.9 Å². The van der Waals surface area contributed by atoms with Gasteiger partial charge in [-0.1, -0.05) is 13.3 Å². The van der Waals surface area contributed by atoms with Gasteiger partial charge in [0.1, 0.15) is 29.6 Å². The third-order valence-corrected chi connectivity index (χ3v) is 2.66. The number of nitrogen functional groups attached to an aromatic ring is 1. The van der Waals surface area contributed by atoms with Crippen LogP contribution in [0.25, 0.3) is 0 Å². The number of nitrogens with two attached hydrogens (primary N) is 1. The van der Waals surface area contributed by atoms with Crippen molar-refractivity contribution in [3.63, 3.8) is 0 Å². The molecule has 4 nitrogen and oxygen atoms in total. The van der Waals surface area contributed by atoms with Crippen LogP contribution in [0.5, 0.6) is 0 Å². The molecule has 0 amide bonds. The van der Waals surface area contributed by atoms with Crippen molar-refractivity contribution in [3.05, 3.63) is 41.7 Å². The summed E-state index contributed by atoms with van der Waals surface area (Å²) in [6, 6.07) is 3.31. The van der Waals surface area contributed by atoms with Gasteiger partial charge in [-0.05, 0) is 18.6 Å². The molecule has 0 atom stereocenters. The number of nitrogens with one attached hydrogen (secondary N) is 1. The summed E-state index contributed by atoms with van der Waals surface area (Å²) in [5.41, 5.74) is 6.66. The molecule has 0 saturated heterocycles. The zero-order valence-electron chi connectivity index (χ0n) is 10.5. The molecule has 0 aliphatic rings. The summed E-state index contributed by atoms with van der Waals surface area (Å²) in [6.45, 7) is 1.99. The van der Waals surface area contributed by atoms with E-state index in [9.17, 15) is 8.78 Å². The van der Waals surface area contributed by atoms with Crippen molar-refractivity contribution in [2.45, 2.75) is 19.8 Å². The van der Waals surface area contributed by atoms with Crippen LogP contribution in [-0.2, 0) is 6.42 Å². The first kappa shape index (κ1) is 13.2. The number of anilines is 3. The van der Waals surface area contributed by atoms with Crippen LogP contribution in [-0.4, -0.2) is 9.97 Å². The van der Waals surface area contributed by atoms with Gasteiger partial charge in [0.15, 0.2) is 0 Å². The number of benzene rings is 1. The minimum absolute atomic E-state index is 0.150. The monoisotopic (exact) mass is 264 g/mol. The van der Waals surface area contributed by atoms with E-state index in [0.717, 1.165) is 18.1 Å². The Kier molecular flexibility index (Phi) is 3.89. The van der Waals surface area contributed by atoms with E-state index in [0.29, 0.717) is 18.1 Å². The lowest BCUT2D eigenvalue weighted by Crippen LogP contribution is -2.06. The molecule has 0 fully saturated rings. The normalized spacial score (nSPS) is 10.5. The number of halogens is 2. The fourth-order valence-electron chi connectivity index (χ4n) is 1.75. The van der Waals surface area contributed by atoms with Crippen molar-refractivity contribution in [1.29, 1.82) is 0 Å². The molecule has 0 radical (unpaired) electrons. The number of nitrogens with zero attached hydrogens (tertiary/aromatic N) is 2. The van der Waals surface area contributed by atoms with Crippen LogP contribution in [0.2, 0.25) is 0 Å². The molecule has 0 bridgehead atoms. The second-order valence-corrected chi connectivity index (χ2v) is 4.09. The molecule has 0 spiro atoms. The van der Waals surface area contributed by atoms with E-state index >= 15 is 0 Å². The molecule has 100 valence electrons. The van der Waals surface area contributed by atoms with E-state index in [1.807, 2.05) is 6.92 Å². The number of hydrogen-bond donors (Lipinski definition) is 2. The van der Waals surface area contributed by atoms with Gasteiger partial charge in [0.2, 0.25) is 0 Å². The molecule has 0 aliphatic carbocycles. The molecule has 0 unspecified atom stereocenters. The number of rotatable bonds is 4. The maximum Gasteiger partial charge on any atom is 0.149 e. The van der Waals surface area contributed by atoms with Gasteiger partial charge in [-0.15, -0.1) is 0 Å². The highest BCUT2D eigenvalue weighted by atomic mass is 19.1.